The second-order valence-corrected chi connectivity index (χ2v) is 3.43. The predicted molar refractivity (Wildman–Crippen MR) is 59.8 cm³/mol. The molecular formula is C11H15N3. The second kappa shape index (κ2) is 4.13. The summed E-state index contributed by atoms with van der Waals surface area (Å²) in [5.74, 6) is 1.06. The van der Waals surface area contributed by atoms with Gasteiger partial charge in [0.05, 0.1) is 12.6 Å². The van der Waals surface area contributed by atoms with Crippen molar-refractivity contribution in [2.24, 2.45) is 4.99 Å². The van der Waals surface area contributed by atoms with Crippen molar-refractivity contribution in [2.75, 3.05) is 18.4 Å². The van der Waals surface area contributed by atoms with Crippen LogP contribution >= 0.6 is 0 Å². The van der Waals surface area contributed by atoms with E-state index < -0.39 is 0 Å². The summed E-state index contributed by atoms with van der Waals surface area (Å²) in [5.41, 5.74) is 1.14. The van der Waals surface area contributed by atoms with Gasteiger partial charge in [-0.1, -0.05) is 18.2 Å². The van der Waals surface area contributed by atoms with Gasteiger partial charge in [0, 0.05) is 12.2 Å². The van der Waals surface area contributed by atoms with Crippen LogP contribution in [0.15, 0.2) is 35.3 Å². The Kier molecular flexibility index (Phi) is 2.68. The Morgan fingerprint density at radius 3 is 2.79 bits per heavy atom. The van der Waals surface area contributed by atoms with Crippen molar-refractivity contribution in [3.05, 3.63) is 30.3 Å². The van der Waals surface area contributed by atoms with E-state index in [-0.39, 0.29) is 6.04 Å². The molecule has 1 unspecified atom stereocenters. The van der Waals surface area contributed by atoms with Crippen LogP contribution in [0.25, 0.3) is 0 Å². The van der Waals surface area contributed by atoms with Gasteiger partial charge >= 0.3 is 0 Å². The van der Waals surface area contributed by atoms with Gasteiger partial charge < -0.3 is 10.6 Å². The molecule has 0 radical (unpaired) electrons. The molecule has 2 N–H and O–H groups in total. The predicted octanol–water partition coefficient (Wildman–Crippen LogP) is 1.49. The van der Waals surface area contributed by atoms with Crippen molar-refractivity contribution < 1.29 is 0 Å². The molecule has 0 amide bonds. The number of amidine groups is 1. The Balaban J connectivity index is 1.97. The minimum Gasteiger partial charge on any atom is -0.375 e. The Morgan fingerprint density at radius 1 is 1.36 bits per heavy atom. The number of nitrogens with one attached hydrogen (secondary N) is 2. The number of para-hydroxylation sites is 1. The van der Waals surface area contributed by atoms with Crippen LogP contribution < -0.4 is 10.6 Å². The Morgan fingerprint density at radius 2 is 2.14 bits per heavy atom. The molecule has 14 heavy (non-hydrogen) atoms. The average Bonchev–Trinajstić information content (AvgIpc) is 2.72. The van der Waals surface area contributed by atoms with Gasteiger partial charge in [0.15, 0.2) is 0 Å². The van der Waals surface area contributed by atoms with Gasteiger partial charge in [0.25, 0.3) is 0 Å². The molecule has 0 aliphatic carbocycles. The van der Waals surface area contributed by atoms with E-state index in [1.165, 1.54) is 0 Å². The van der Waals surface area contributed by atoms with E-state index in [0.29, 0.717) is 0 Å². The van der Waals surface area contributed by atoms with Crippen LogP contribution in [0, 0.1) is 0 Å². The van der Waals surface area contributed by atoms with Crippen molar-refractivity contribution in [3.63, 3.8) is 0 Å². The summed E-state index contributed by atoms with van der Waals surface area (Å²) in [6, 6.07) is 10.5. The highest BCUT2D eigenvalue weighted by Crippen LogP contribution is 2.07. The summed E-state index contributed by atoms with van der Waals surface area (Å²) >= 11 is 0. The van der Waals surface area contributed by atoms with Crippen molar-refractivity contribution in [3.8, 4) is 0 Å². The highest BCUT2D eigenvalue weighted by molar-refractivity contribution is 5.90. The first-order chi connectivity index (χ1) is 6.86. The van der Waals surface area contributed by atoms with Crippen LogP contribution in [0.5, 0.6) is 0 Å². The molecule has 3 nitrogen and oxygen atoms in total. The molecule has 0 aromatic heterocycles. The Hall–Kier alpha value is -1.51. The summed E-state index contributed by atoms with van der Waals surface area (Å²) in [4.78, 5) is 4.37. The van der Waals surface area contributed by atoms with Gasteiger partial charge in [-0.3, -0.25) is 4.99 Å². The zero-order chi connectivity index (χ0) is 9.80. The van der Waals surface area contributed by atoms with Crippen molar-refractivity contribution >= 4 is 11.5 Å². The fraction of sp³-hybridized carbons (Fsp3) is 0.364. The minimum absolute atomic E-state index is 0.264. The first-order valence-corrected chi connectivity index (χ1v) is 4.96. The van der Waals surface area contributed by atoms with Gasteiger partial charge in [-0.15, -0.1) is 0 Å². The van der Waals surface area contributed by atoms with E-state index in [1.54, 1.807) is 0 Å². The van der Waals surface area contributed by atoms with Crippen LogP contribution in [0.1, 0.15) is 6.92 Å². The van der Waals surface area contributed by atoms with Crippen LogP contribution in [-0.2, 0) is 0 Å². The number of anilines is 1. The largest absolute Gasteiger partial charge is 0.375 e. The number of hydrogen-bond donors (Lipinski definition) is 2. The fourth-order valence-electron chi connectivity index (χ4n) is 1.56. The Bertz CT molecular complexity index is 319. The lowest BCUT2D eigenvalue weighted by atomic mass is 10.2. The first-order valence-electron chi connectivity index (χ1n) is 4.96. The Labute approximate surface area is 84.2 Å². The van der Waals surface area contributed by atoms with Gasteiger partial charge in [-0.05, 0) is 19.1 Å². The van der Waals surface area contributed by atoms with Gasteiger partial charge in [0.2, 0.25) is 0 Å². The smallest absolute Gasteiger partial charge is 0.119 e. The molecule has 3 heteroatoms. The second-order valence-electron chi connectivity index (χ2n) is 3.43. The van der Waals surface area contributed by atoms with Crippen LogP contribution in [0.3, 0.4) is 0 Å². The maximum atomic E-state index is 4.37. The van der Waals surface area contributed by atoms with Crippen molar-refractivity contribution in [1.82, 2.24) is 5.32 Å². The summed E-state index contributed by atoms with van der Waals surface area (Å²) in [6.07, 6.45) is 0. The van der Waals surface area contributed by atoms with Gasteiger partial charge in [0.1, 0.15) is 5.84 Å². The fourth-order valence-corrected chi connectivity index (χ4v) is 1.56. The number of rotatable bonds is 3. The van der Waals surface area contributed by atoms with Gasteiger partial charge in [-0.25, -0.2) is 0 Å². The third kappa shape index (κ3) is 2.05. The highest BCUT2D eigenvalue weighted by atomic mass is 15.1. The van der Waals surface area contributed by atoms with E-state index in [4.69, 9.17) is 0 Å². The summed E-state index contributed by atoms with van der Waals surface area (Å²) in [6.45, 7) is 3.98. The molecular weight excluding hydrogens is 174 g/mol. The number of nitrogens with zero attached hydrogens (tertiary/aromatic N) is 1. The quantitative estimate of drug-likeness (QED) is 0.755. The van der Waals surface area contributed by atoms with Crippen LogP contribution in [0.4, 0.5) is 5.69 Å². The van der Waals surface area contributed by atoms with E-state index in [9.17, 15) is 0 Å². The minimum atomic E-state index is 0.264. The number of benzene rings is 1. The maximum Gasteiger partial charge on any atom is 0.119 e. The monoisotopic (exact) mass is 189 g/mol. The first kappa shape index (κ1) is 9.06. The molecule has 0 saturated carbocycles. The summed E-state index contributed by atoms with van der Waals surface area (Å²) in [5, 5.41) is 6.65. The lowest BCUT2D eigenvalue weighted by Crippen LogP contribution is -2.34. The standard InChI is InChI=1S/C11H15N3/c1-9(11-12-7-8-13-11)14-10-5-3-2-4-6-10/h2-6,9,14H,7-8H2,1H3,(H,12,13). The molecule has 1 heterocycles. The average molecular weight is 189 g/mol. The molecule has 1 aliphatic rings. The molecule has 74 valence electrons. The zero-order valence-electron chi connectivity index (χ0n) is 8.33. The van der Waals surface area contributed by atoms with E-state index in [0.717, 1.165) is 24.6 Å². The van der Waals surface area contributed by atoms with Crippen molar-refractivity contribution in [1.29, 1.82) is 0 Å². The van der Waals surface area contributed by atoms with Crippen LogP contribution in [-0.4, -0.2) is 25.0 Å². The lowest BCUT2D eigenvalue weighted by molar-refractivity contribution is 0.929. The molecule has 0 bridgehead atoms. The van der Waals surface area contributed by atoms with Gasteiger partial charge in [-0.2, -0.15) is 0 Å². The molecule has 1 aromatic carbocycles. The normalized spacial score (nSPS) is 17.1. The molecule has 2 rings (SSSR count). The van der Waals surface area contributed by atoms with Crippen LogP contribution in [0.2, 0.25) is 0 Å². The molecule has 0 saturated heterocycles. The maximum absolute atomic E-state index is 4.37. The molecule has 1 atom stereocenters. The van der Waals surface area contributed by atoms with E-state index in [1.807, 2.05) is 18.2 Å². The van der Waals surface area contributed by atoms with E-state index in [2.05, 4.69) is 34.7 Å². The zero-order valence-corrected chi connectivity index (χ0v) is 8.33. The highest BCUT2D eigenvalue weighted by Gasteiger charge is 2.12. The van der Waals surface area contributed by atoms with Crippen molar-refractivity contribution in [2.45, 2.75) is 13.0 Å². The molecule has 1 aromatic rings. The molecule has 0 spiro atoms. The number of aliphatic imine (C=N–C) groups is 1. The third-order valence-corrected chi connectivity index (χ3v) is 2.27. The topological polar surface area (TPSA) is 36.4 Å². The summed E-state index contributed by atoms with van der Waals surface area (Å²) < 4.78 is 0. The SMILES string of the molecule is CC(Nc1ccccc1)C1=NCCN1. The molecule has 1 aliphatic heterocycles. The third-order valence-electron chi connectivity index (χ3n) is 2.27. The summed E-state index contributed by atoms with van der Waals surface area (Å²) in [7, 11) is 0. The molecule has 0 fully saturated rings. The van der Waals surface area contributed by atoms with E-state index >= 15 is 0 Å². The number of hydrogen-bond acceptors (Lipinski definition) is 3. The lowest BCUT2D eigenvalue weighted by Gasteiger charge is -2.15.